The third-order valence-electron chi connectivity index (χ3n) is 2.93. The Morgan fingerprint density at radius 3 is 2.77 bits per heavy atom. The van der Waals surface area contributed by atoms with Gasteiger partial charge in [-0.2, -0.15) is 0 Å². The van der Waals surface area contributed by atoms with Crippen LogP contribution in [0, 0.1) is 0 Å². The predicted molar refractivity (Wildman–Crippen MR) is 89.5 cm³/mol. The summed E-state index contributed by atoms with van der Waals surface area (Å²) in [6.45, 7) is 0.282. The van der Waals surface area contributed by atoms with Gasteiger partial charge >= 0.3 is 5.97 Å². The van der Waals surface area contributed by atoms with E-state index in [1.807, 2.05) is 35.9 Å². The number of esters is 1. The van der Waals surface area contributed by atoms with E-state index in [4.69, 9.17) is 4.74 Å². The van der Waals surface area contributed by atoms with E-state index in [0.717, 1.165) is 11.3 Å². The Hall–Kier alpha value is -1.79. The van der Waals surface area contributed by atoms with Crippen LogP contribution in [-0.4, -0.2) is 31.3 Å². The second kappa shape index (κ2) is 8.60. The van der Waals surface area contributed by atoms with Crippen molar-refractivity contribution in [2.45, 2.75) is 11.3 Å². The summed E-state index contributed by atoms with van der Waals surface area (Å²) in [5, 5.41) is 4.74. The summed E-state index contributed by atoms with van der Waals surface area (Å²) in [6.07, 6.45) is 2.68. The van der Waals surface area contributed by atoms with Crippen molar-refractivity contribution >= 4 is 35.0 Å². The Bertz CT molecular complexity index is 626. The van der Waals surface area contributed by atoms with Crippen LogP contribution in [0.15, 0.2) is 46.7 Å². The molecule has 1 aromatic heterocycles. The van der Waals surface area contributed by atoms with E-state index in [1.165, 1.54) is 16.6 Å². The number of benzene rings is 1. The average Bonchev–Trinajstić information content (AvgIpc) is 3.06. The number of hydrogen-bond acceptors (Lipinski definition) is 5. The molecular formula is C16H17NO3S2. The summed E-state index contributed by atoms with van der Waals surface area (Å²) in [4.78, 5) is 25.7. The highest BCUT2D eigenvalue weighted by Crippen LogP contribution is 2.20. The molecule has 4 nitrogen and oxygen atoms in total. The largest absolute Gasteiger partial charge is 0.452 e. The van der Waals surface area contributed by atoms with Gasteiger partial charge in [0.1, 0.15) is 0 Å². The van der Waals surface area contributed by atoms with Crippen molar-refractivity contribution in [3.05, 3.63) is 52.2 Å². The van der Waals surface area contributed by atoms with Crippen molar-refractivity contribution in [3.8, 4) is 0 Å². The molecule has 0 atom stereocenters. The van der Waals surface area contributed by atoms with Crippen molar-refractivity contribution in [3.63, 3.8) is 0 Å². The third-order valence-corrected chi connectivity index (χ3v) is 4.67. The molecule has 0 bridgehead atoms. The molecule has 2 rings (SSSR count). The maximum absolute atomic E-state index is 12.0. The maximum Gasteiger partial charge on any atom is 0.339 e. The minimum atomic E-state index is -0.474. The van der Waals surface area contributed by atoms with E-state index >= 15 is 0 Å². The van der Waals surface area contributed by atoms with Crippen molar-refractivity contribution in [1.29, 1.82) is 0 Å². The standard InChI is InChI=1S/C16H17NO3S2/c1-21-14-7-3-2-6-13(14)16(19)20-11-15(18)17-9-8-12-5-4-10-22-12/h2-7,10H,8-9,11H2,1H3,(H,17,18). The van der Waals surface area contributed by atoms with Crippen molar-refractivity contribution in [1.82, 2.24) is 5.32 Å². The van der Waals surface area contributed by atoms with Crippen LogP contribution in [0.3, 0.4) is 0 Å². The van der Waals surface area contributed by atoms with Crippen LogP contribution in [-0.2, 0) is 16.0 Å². The summed E-state index contributed by atoms with van der Waals surface area (Å²) in [5.41, 5.74) is 0.487. The molecule has 1 heterocycles. The number of carbonyl (C=O) groups is 2. The van der Waals surface area contributed by atoms with Crippen molar-refractivity contribution in [2.75, 3.05) is 19.4 Å². The first kappa shape index (κ1) is 16.6. The lowest BCUT2D eigenvalue weighted by Gasteiger charge is -2.08. The van der Waals surface area contributed by atoms with E-state index < -0.39 is 5.97 Å². The zero-order valence-electron chi connectivity index (χ0n) is 12.2. The monoisotopic (exact) mass is 335 g/mol. The van der Waals surface area contributed by atoms with Gasteiger partial charge in [-0.25, -0.2) is 4.79 Å². The molecule has 0 aliphatic heterocycles. The number of amides is 1. The Kier molecular flexibility index (Phi) is 6.48. The first-order valence-corrected chi connectivity index (χ1v) is 8.90. The molecule has 1 N–H and O–H groups in total. The third kappa shape index (κ3) is 4.89. The summed E-state index contributed by atoms with van der Waals surface area (Å²) < 4.78 is 5.06. The molecule has 0 fully saturated rings. The van der Waals surface area contributed by atoms with E-state index in [0.29, 0.717) is 12.1 Å². The van der Waals surface area contributed by atoms with Crippen molar-refractivity contribution < 1.29 is 14.3 Å². The number of nitrogens with one attached hydrogen (secondary N) is 1. The van der Waals surface area contributed by atoms with Gasteiger partial charge in [0, 0.05) is 16.3 Å². The van der Waals surface area contributed by atoms with Gasteiger partial charge in [0.2, 0.25) is 0 Å². The molecule has 0 radical (unpaired) electrons. The molecule has 6 heteroatoms. The lowest BCUT2D eigenvalue weighted by atomic mass is 10.2. The number of ether oxygens (including phenoxy) is 1. The Balaban J connectivity index is 1.74. The van der Waals surface area contributed by atoms with E-state index in [9.17, 15) is 9.59 Å². The smallest absolute Gasteiger partial charge is 0.339 e. The molecule has 0 spiro atoms. The molecule has 2 aromatic rings. The molecular weight excluding hydrogens is 318 g/mol. The van der Waals surface area contributed by atoms with E-state index in [1.54, 1.807) is 23.5 Å². The average molecular weight is 335 g/mol. The zero-order chi connectivity index (χ0) is 15.8. The van der Waals surface area contributed by atoms with Gasteiger partial charge in [-0.1, -0.05) is 18.2 Å². The summed E-state index contributed by atoms with van der Waals surface area (Å²) in [5.74, 6) is -0.759. The molecule has 0 saturated carbocycles. The lowest BCUT2D eigenvalue weighted by Crippen LogP contribution is -2.30. The molecule has 0 saturated heterocycles. The minimum absolute atomic E-state index is 0.258. The van der Waals surface area contributed by atoms with Crippen LogP contribution in [0.2, 0.25) is 0 Å². The van der Waals surface area contributed by atoms with E-state index in [-0.39, 0.29) is 12.5 Å². The molecule has 0 aliphatic carbocycles. The minimum Gasteiger partial charge on any atom is -0.452 e. The first-order chi connectivity index (χ1) is 10.7. The fraction of sp³-hybridized carbons (Fsp3) is 0.250. The molecule has 0 aliphatic rings. The van der Waals surface area contributed by atoms with Gasteiger partial charge in [0.25, 0.3) is 5.91 Å². The Labute approximate surface area is 137 Å². The van der Waals surface area contributed by atoms with Gasteiger partial charge in [-0.3, -0.25) is 4.79 Å². The number of thiophene rings is 1. The van der Waals surface area contributed by atoms with Crippen LogP contribution in [0.25, 0.3) is 0 Å². The van der Waals surface area contributed by atoms with Crippen LogP contribution < -0.4 is 5.32 Å². The van der Waals surface area contributed by atoms with Gasteiger partial charge in [0.15, 0.2) is 6.61 Å². The first-order valence-electron chi connectivity index (χ1n) is 6.80. The Morgan fingerprint density at radius 1 is 1.23 bits per heavy atom. The number of hydrogen-bond donors (Lipinski definition) is 1. The number of thioether (sulfide) groups is 1. The zero-order valence-corrected chi connectivity index (χ0v) is 13.8. The quantitative estimate of drug-likeness (QED) is 0.624. The lowest BCUT2D eigenvalue weighted by molar-refractivity contribution is -0.124. The molecule has 22 heavy (non-hydrogen) atoms. The highest BCUT2D eigenvalue weighted by molar-refractivity contribution is 7.98. The van der Waals surface area contributed by atoms with Gasteiger partial charge in [0.05, 0.1) is 5.56 Å². The van der Waals surface area contributed by atoms with Gasteiger partial charge in [-0.05, 0) is 36.3 Å². The highest BCUT2D eigenvalue weighted by atomic mass is 32.2. The van der Waals surface area contributed by atoms with Crippen LogP contribution >= 0.6 is 23.1 Å². The second-order valence-electron chi connectivity index (χ2n) is 4.46. The molecule has 1 aromatic carbocycles. The SMILES string of the molecule is CSc1ccccc1C(=O)OCC(=O)NCCc1cccs1. The molecule has 0 unspecified atom stereocenters. The maximum atomic E-state index is 12.0. The van der Waals surface area contributed by atoms with Crippen molar-refractivity contribution in [2.24, 2.45) is 0 Å². The molecule has 116 valence electrons. The number of rotatable bonds is 7. The van der Waals surface area contributed by atoms with Crippen LogP contribution in [0.4, 0.5) is 0 Å². The van der Waals surface area contributed by atoms with E-state index in [2.05, 4.69) is 5.32 Å². The predicted octanol–water partition coefficient (Wildman–Crippen LogP) is 2.99. The van der Waals surface area contributed by atoms with Crippen LogP contribution in [0.1, 0.15) is 15.2 Å². The number of carbonyl (C=O) groups excluding carboxylic acids is 2. The van der Waals surface area contributed by atoms with Gasteiger partial charge < -0.3 is 10.1 Å². The van der Waals surface area contributed by atoms with Crippen LogP contribution in [0.5, 0.6) is 0 Å². The van der Waals surface area contributed by atoms with Gasteiger partial charge in [-0.15, -0.1) is 23.1 Å². The summed E-state index contributed by atoms with van der Waals surface area (Å²) in [7, 11) is 0. The fourth-order valence-corrected chi connectivity index (χ4v) is 3.15. The topological polar surface area (TPSA) is 55.4 Å². The second-order valence-corrected chi connectivity index (χ2v) is 6.34. The molecule has 1 amide bonds. The summed E-state index contributed by atoms with van der Waals surface area (Å²) >= 11 is 3.13. The summed E-state index contributed by atoms with van der Waals surface area (Å²) in [6, 6.07) is 11.2. The fourth-order valence-electron chi connectivity index (χ4n) is 1.85. The Morgan fingerprint density at radius 2 is 2.05 bits per heavy atom. The highest BCUT2D eigenvalue weighted by Gasteiger charge is 2.13. The normalized spacial score (nSPS) is 10.2.